The van der Waals surface area contributed by atoms with Gasteiger partial charge in [0.05, 0.1) is 32.8 Å². The predicted molar refractivity (Wildman–Crippen MR) is 126 cm³/mol. The lowest BCUT2D eigenvalue weighted by Gasteiger charge is -2.18. The summed E-state index contributed by atoms with van der Waals surface area (Å²) in [5, 5.41) is 17.9. The molecule has 1 aliphatic heterocycles. The first kappa shape index (κ1) is 28.4. The van der Waals surface area contributed by atoms with Crippen molar-refractivity contribution in [3.05, 3.63) is 48.0 Å². The highest BCUT2D eigenvalue weighted by Crippen LogP contribution is 2.29. The Morgan fingerprint density at radius 3 is 2.19 bits per heavy atom. The number of ether oxygens (including phenoxy) is 4. The van der Waals surface area contributed by atoms with Gasteiger partial charge in [0, 0.05) is 18.7 Å². The van der Waals surface area contributed by atoms with E-state index in [9.17, 15) is 4.79 Å². The summed E-state index contributed by atoms with van der Waals surface area (Å²) in [4.78, 5) is 31.8. The smallest absolute Gasteiger partial charge is 0.161 e. The molecular formula is C26H31NO9-2. The maximum atomic E-state index is 11.5. The molecule has 10 nitrogen and oxygen atoms in total. The molecule has 1 heterocycles. The Kier molecular flexibility index (Phi) is 11.5. The minimum atomic E-state index is -2.19. The fourth-order valence-electron chi connectivity index (χ4n) is 3.62. The Balaban J connectivity index is 0.000000678. The molecule has 1 unspecified atom stereocenters. The van der Waals surface area contributed by atoms with Crippen molar-refractivity contribution in [2.45, 2.75) is 32.3 Å². The highest BCUT2D eigenvalue weighted by molar-refractivity contribution is 6.25. The van der Waals surface area contributed by atoms with Gasteiger partial charge in [-0.2, -0.15) is 0 Å². The van der Waals surface area contributed by atoms with Gasteiger partial charge < -0.3 is 38.7 Å². The number of nitrogens with zero attached hydrogens (tertiary/aromatic N) is 1. The first-order chi connectivity index (χ1) is 17.2. The molecule has 0 spiro atoms. The maximum Gasteiger partial charge on any atom is 0.161 e. The number of likely N-dealkylation sites (tertiary alicyclic amines) is 1. The van der Waals surface area contributed by atoms with Crippen LogP contribution < -0.4 is 29.2 Å². The van der Waals surface area contributed by atoms with E-state index >= 15 is 0 Å². The summed E-state index contributed by atoms with van der Waals surface area (Å²) in [6.07, 6.45) is 3.22. The summed E-state index contributed by atoms with van der Waals surface area (Å²) < 4.78 is 22.7. The predicted octanol–water partition coefficient (Wildman–Crippen LogP) is 0.705. The molecule has 0 radical (unpaired) electrons. The molecule has 0 bridgehead atoms. The van der Waals surface area contributed by atoms with Gasteiger partial charge in [-0.25, -0.2) is 0 Å². The second kappa shape index (κ2) is 14.6. The fourth-order valence-corrected chi connectivity index (χ4v) is 3.62. The number of unbranched alkanes of at least 4 members (excludes halogenated alkanes) is 1. The minimum Gasteiger partial charge on any atom is -0.543 e. The van der Waals surface area contributed by atoms with Crippen molar-refractivity contribution in [3.63, 3.8) is 0 Å². The molecule has 3 rings (SSSR count). The number of hydrogen-bond donors (Lipinski definition) is 0. The third-order valence-electron chi connectivity index (χ3n) is 5.45. The lowest BCUT2D eigenvalue weighted by molar-refractivity contribution is -0.345. The van der Waals surface area contributed by atoms with Crippen molar-refractivity contribution < 1.29 is 43.5 Å². The first-order valence-electron chi connectivity index (χ1n) is 11.5. The molecule has 2 aromatic carbocycles. The van der Waals surface area contributed by atoms with E-state index < -0.39 is 11.9 Å². The number of hydrogen-bond acceptors (Lipinski definition) is 10. The number of ketones is 1. The Morgan fingerprint density at radius 2 is 1.58 bits per heavy atom. The largest absolute Gasteiger partial charge is 0.543 e. The van der Waals surface area contributed by atoms with E-state index in [0.29, 0.717) is 23.7 Å². The number of para-hydroxylation sites is 2. The van der Waals surface area contributed by atoms with Gasteiger partial charge in [-0.15, -0.1) is 0 Å². The molecule has 0 aliphatic carbocycles. The zero-order chi connectivity index (χ0) is 26.5. The van der Waals surface area contributed by atoms with Crippen LogP contribution in [0.2, 0.25) is 0 Å². The third-order valence-corrected chi connectivity index (χ3v) is 5.45. The van der Waals surface area contributed by atoms with Crippen LogP contribution in [0.15, 0.2) is 42.5 Å². The van der Waals surface area contributed by atoms with Crippen LogP contribution in [0.4, 0.5) is 0 Å². The van der Waals surface area contributed by atoms with Crippen LogP contribution in [0.25, 0.3) is 0 Å². The first-order valence-corrected chi connectivity index (χ1v) is 11.5. The molecule has 1 fully saturated rings. The van der Waals surface area contributed by atoms with Gasteiger partial charge >= 0.3 is 0 Å². The van der Waals surface area contributed by atoms with E-state index in [4.69, 9.17) is 38.7 Å². The average molecular weight is 502 g/mol. The number of rotatable bonds is 11. The molecule has 1 aliphatic rings. The molecule has 0 amide bonds. The SMILES string of the molecule is COc1cc(C(C)=O)ccc1OCCCCN1CCC(Oc2ccccc2OC)C1.O=C([O-])C(=O)[O-]. The second-order valence-electron chi connectivity index (χ2n) is 8.03. The second-order valence-corrected chi connectivity index (χ2v) is 8.03. The quantitative estimate of drug-likeness (QED) is 0.246. The summed E-state index contributed by atoms with van der Waals surface area (Å²) >= 11 is 0. The van der Waals surface area contributed by atoms with Crippen molar-refractivity contribution in [3.8, 4) is 23.0 Å². The number of Topliss-reactive ketones (excluding diaryl/α,β-unsaturated/α-hetero) is 1. The lowest BCUT2D eigenvalue weighted by atomic mass is 10.1. The summed E-state index contributed by atoms with van der Waals surface area (Å²) in [7, 11) is 3.25. The molecule has 1 saturated heterocycles. The Labute approximate surface area is 210 Å². The van der Waals surface area contributed by atoms with E-state index in [-0.39, 0.29) is 11.9 Å². The van der Waals surface area contributed by atoms with Crippen LogP contribution in [-0.4, -0.2) is 69.2 Å². The topological polar surface area (TPSA) is 137 Å². The van der Waals surface area contributed by atoms with Crippen LogP contribution >= 0.6 is 0 Å². The molecule has 1 atom stereocenters. The number of carboxylic acids is 2. The van der Waals surface area contributed by atoms with Gasteiger partial charge in [-0.05, 0) is 63.1 Å². The number of carbonyl (C=O) groups excluding carboxylic acids is 3. The normalized spacial score (nSPS) is 14.8. The summed E-state index contributed by atoms with van der Waals surface area (Å²) in [5.41, 5.74) is 0.623. The highest BCUT2D eigenvalue weighted by atomic mass is 16.5. The van der Waals surface area contributed by atoms with E-state index in [2.05, 4.69) is 4.90 Å². The lowest BCUT2D eigenvalue weighted by Crippen LogP contribution is -2.42. The number of aliphatic carboxylic acids is 2. The van der Waals surface area contributed by atoms with Crippen LogP contribution in [0.1, 0.15) is 36.5 Å². The van der Waals surface area contributed by atoms with Crippen molar-refractivity contribution >= 4 is 17.7 Å². The molecule has 0 saturated carbocycles. The molecule has 10 heteroatoms. The van der Waals surface area contributed by atoms with Crippen LogP contribution in [0, 0.1) is 0 Å². The maximum absolute atomic E-state index is 11.5. The van der Waals surface area contributed by atoms with Gasteiger partial charge in [0.1, 0.15) is 6.10 Å². The van der Waals surface area contributed by atoms with Crippen molar-refractivity contribution in [1.82, 2.24) is 4.90 Å². The monoisotopic (exact) mass is 501 g/mol. The van der Waals surface area contributed by atoms with Gasteiger partial charge in [0.15, 0.2) is 28.8 Å². The van der Waals surface area contributed by atoms with E-state index in [1.165, 1.54) is 0 Å². The zero-order valence-electron chi connectivity index (χ0n) is 20.7. The summed E-state index contributed by atoms with van der Waals surface area (Å²) in [6, 6.07) is 13.1. The Bertz CT molecular complexity index is 1010. The van der Waals surface area contributed by atoms with Gasteiger partial charge in [0.2, 0.25) is 0 Å². The fraction of sp³-hybridized carbons (Fsp3) is 0.423. The van der Waals surface area contributed by atoms with Crippen molar-refractivity contribution in [1.29, 1.82) is 0 Å². The average Bonchev–Trinajstić information content (AvgIpc) is 3.31. The molecule has 0 aromatic heterocycles. The van der Waals surface area contributed by atoms with E-state index in [1.807, 2.05) is 24.3 Å². The van der Waals surface area contributed by atoms with Crippen LogP contribution in [-0.2, 0) is 9.59 Å². The molecule has 196 valence electrons. The van der Waals surface area contributed by atoms with Crippen molar-refractivity contribution in [2.24, 2.45) is 0 Å². The molecule has 36 heavy (non-hydrogen) atoms. The summed E-state index contributed by atoms with van der Waals surface area (Å²) in [5.74, 6) is -1.50. The zero-order valence-corrected chi connectivity index (χ0v) is 20.7. The number of carboxylic acid groups (broad SMARTS) is 2. The van der Waals surface area contributed by atoms with Crippen molar-refractivity contribution in [2.75, 3.05) is 40.5 Å². The number of methoxy groups -OCH3 is 2. The third kappa shape index (κ3) is 9.10. The number of benzene rings is 2. The van der Waals surface area contributed by atoms with Crippen LogP contribution in [0.5, 0.6) is 23.0 Å². The van der Waals surface area contributed by atoms with E-state index in [1.54, 1.807) is 39.3 Å². The summed E-state index contributed by atoms with van der Waals surface area (Å²) in [6.45, 7) is 5.15. The minimum absolute atomic E-state index is 0.0125. The van der Waals surface area contributed by atoms with Gasteiger partial charge in [-0.1, -0.05) is 12.1 Å². The van der Waals surface area contributed by atoms with Gasteiger partial charge in [-0.3, -0.25) is 9.69 Å². The Hall–Kier alpha value is -3.79. The highest BCUT2D eigenvalue weighted by Gasteiger charge is 2.24. The van der Waals surface area contributed by atoms with Crippen LogP contribution in [0.3, 0.4) is 0 Å². The molecule has 2 aromatic rings. The Morgan fingerprint density at radius 1 is 0.917 bits per heavy atom. The molecular weight excluding hydrogens is 470 g/mol. The standard InChI is InChI=1S/C24H31NO5.C2H2O4/c1-18(26)19-10-11-22(24(16-19)28-3)29-15-7-6-13-25-14-12-20(17-25)30-23-9-5-4-8-21(23)27-2;3-1(4)2(5)6/h4-5,8-11,16,20H,6-7,12-15,17H2,1-3H3;(H,3,4)(H,5,6)/p-2. The number of carbonyl (C=O) groups is 3. The van der Waals surface area contributed by atoms with E-state index in [0.717, 1.165) is 50.4 Å². The molecule has 0 N–H and O–H groups in total. The van der Waals surface area contributed by atoms with Gasteiger partial charge in [0.25, 0.3) is 0 Å².